The normalized spacial score (nSPS) is 11.4. The zero-order valence-corrected chi connectivity index (χ0v) is 11.4. The van der Waals surface area contributed by atoms with Crippen molar-refractivity contribution >= 4 is 39.2 Å². The Bertz CT molecular complexity index is 525. The molecule has 1 rings (SSSR count). The van der Waals surface area contributed by atoms with Crippen molar-refractivity contribution in [3.05, 3.63) is 28.8 Å². The van der Waals surface area contributed by atoms with E-state index in [1.54, 1.807) is 6.07 Å². The van der Waals surface area contributed by atoms with Crippen LogP contribution in [0.4, 0.5) is 0 Å². The number of benzene rings is 1. The molecule has 0 saturated heterocycles. The molecule has 4 nitrogen and oxygen atoms in total. The first kappa shape index (κ1) is 14.3. The van der Waals surface area contributed by atoms with E-state index in [2.05, 4.69) is 0 Å². The Kier molecular flexibility index (Phi) is 4.85. The molecule has 1 aromatic carbocycles. The van der Waals surface area contributed by atoms with Crippen molar-refractivity contribution in [2.45, 2.75) is 4.90 Å². The maximum atomic E-state index is 10.9. The fourth-order valence-corrected chi connectivity index (χ4v) is 3.54. The van der Waals surface area contributed by atoms with Gasteiger partial charge < -0.3 is 5.11 Å². The lowest BCUT2D eigenvalue weighted by molar-refractivity contribution is 0.0697. The molecule has 0 aliphatic heterocycles. The summed E-state index contributed by atoms with van der Waals surface area (Å²) in [4.78, 5) is 11.5. The van der Waals surface area contributed by atoms with E-state index in [0.29, 0.717) is 5.75 Å². The van der Waals surface area contributed by atoms with E-state index in [9.17, 15) is 13.2 Å². The first-order valence-electron chi connectivity index (χ1n) is 4.63. The van der Waals surface area contributed by atoms with Crippen LogP contribution in [0.15, 0.2) is 23.1 Å². The lowest BCUT2D eigenvalue weighted by atomic mass is 10.2. The van der Waals surface area contributed by atoms with Crippen LogP contribution in [0, 0.1) is 0 Å². The molecule has 0 heterocycles. The van der Waals surface area contributed by atoms with Crippen LogP contribution in [0.25, 0.3) is 0 Å². The second-order valence-corrected chi connectivity index (χ2v) is 7.26. The standard InChI is InChI=1S/C10H11ClO4S2/c1-17(14,15)5-4-16-7-2-3-8(10(12)13)9(11)6-7/h2-3,6H,4-5H2,1H3,(H,12,13). The van der Waals surface area contributed by atoms with Crippen molar-refractivity contribution < 1.29 is 18.3 Å². The minimum atomic E-state index is -2.97. The van der Waals surface area contributed by atoms with Crippen LogP contribution in [0.2, 0.25) is 5.02 Å². The van der Waals surface area contributed by atoms with Gasteiger partial charge in [-0.2, -0.15) is 0 Å². The minimum absolute atomic E-state index is 0.0409. The van der Waals surface area contributed by atoms with Crippen molar-refractivity contribution in [3.63, 3.8) is 0 Å². The van der Waals surface area contributed by atoms with Gasteiger partial charge in [0.1, 0.15) is 9.84 Å². The molecule has 0 unspecified atom stereocenters. The molecule has 0 aliphatic rings. The maximum absolute atomic E-state index is 10.9. The average molecular weight is 295 g/mol. The van der Waals surface area contributed by atoms with E-state index in [1.165, 1.54) is 30.2 Å². The molecule has 0 spiro atoms. The Morgan fingerprint density at radius 1 is 1.47 bits per heavy atom. The number of hydrogen-bond acceptors (Lipinski definition) is 4. The highest BCUT2D eigenvalue weighted by Gasteiger charge is 2.09. The average Bonchev–Trinajstić information content (AvgIpc) is 2.15. The predicted octanol–water partition coefficient (Wildman–Crippen LogP) is 2.17. The number of hydrogen-bond donors (Lipinski definition) is 1. The van der Waals surface area contributed by atoms with Gasteiger partial charge in [-0.15, -0.1) is 11.8 Å². The molecule has 7 heteroatoms. The summed E-state index contributed by atoms with van der Waals surface area (Å²) in [5, 5.41) is 8.92. The van der Waals surface area contributed by atoms with Gasteiger partial charge in [0, 0.05) is 16.9 Å². The van der Waals surface area contributed by atoms with Gasteiger partial charge in [-0.25, -0.2) is 13.2 Å². The molecule has 0 atom stereocenters. The summed E-state index contributed by atoms with van der Waals surface area (Å²) in [5.41, 5.74) is 0.0409. The third-order valence-corrected chi connectivity index (χ3v) is 4.41. The van der Waals surface area contributed by atoms with Crippen LogP contribution in [-0.2, 0) is 9.84 Å². The number of thioether (sulfide) groups is 1. The summed E-state index contributed by atoms with van der Waals surface area (Å²) in [6, 6.07) is 4.55. The van der Waals surface area contributed by atoms with Crippen LogP contribution in [0.1, 0.15) is 10.4 Å². The summed E-state index contributed by atoms with van der Waals surface area (Å²) in [6.07, 6.45) is 1.17. The topological polar surface area (TPSA) is 71.4 Å². The highest BCUT2D eigenvalue weighted by molar-refractivity contribution is 8.00. The van der Waals surface area contributed by atoms with Crippen LogP contribution in [-0.4, -0.2) is 37.3 Å². The molecule has 0 saturated carbocycles. The smallest absolute Gasteiger partial charge is 0.337 e. The second-order valence-electron chi connectivity index (χ2n) is 3.43. The van der Waals surface area contributed by atoms with Crippen LogP contribution < -0.4 is 0 Å². The van der Waals surface area contributed by atoms with E-state index in [0.717, 1.165) is 4.90 Å². The van der Waals surface area contributed by atoms with Crippen molar-refractivity contribution in [1.29, 1.82) is 0 Å². The number of aromatic carboxylic acids is 1. The molecular formula is C10H11ClO4S2. The third-order valence-electron chi connectivity index (χ3n) is 1.89. The zero-order valence-electron chi connectivity index (χ0n) is 9.01. The Hall–Kier alpha value is -0.720. The van der Waals surface area contributed by atoms with E-state index in [-0.39, 0.29) is 16.3 Å². The fraction of sp³-hybridized carbons (Fsp3) is 0.300. The fourth-order valence-electron chi connectivity index (χ4n) is 1.07. The number of rotatable bonds is 5. The van der Waals surface area contributed by atoms with E-state index < -0.39 is 15.8 Å². The Morgan fingerprint density at radius 2 is 2.12 bits per heavy atom. The maximum Gasteiger partial charge on any atom is 0.337 e. The molecule has 94 valence electrons. The van der Waals surface area contributed by atoms with Gasteiger partial charge in [-0.1, -0.05) is 11.6 Å². The lowest BCUT2D eigenvalue weighted by Crippen LogP contribution is -2.05. The van der Waals surface area contributed by atoms with Gasteiger partial charge in [-0.05, 0) is 18.2 Å². The zero-order chi connectivity index (χ0) is 13.1. The van der Waals surface area contributed by atoms with E-state index >= 15 is 0 Å². The quantitative estimate of drug-likeness (QED) is 0.843. The first-order valence-corrected chi connectivity index (χ1v) is 8.05. The van der Waals surface area contributed by atoms with E-state index in [4.69, 9.17) is 16.7 Å². The predicted molar refractivity (Wildman–Crippen MR) is 68.8 cm³/mol. The van der Waals surface area contributed by atoms with E-state index in [1.807, 2.05) is 0 Å². The van der Waals surface area contributed by atoms with Gasteiger partial charge in [-0.3, -0.25) is 0 Å². The number of halogens is 1. The first-order chi connectivity index (χ1) is 7.79. The molecule has 0 bridgehead atoms. The Labute approximate surface area is 109 Å². The van der Waals surface area contributed by atoms with Gasteiger partial charge >= 0.3 is 5.97 Å². The number of sulfone groups is 1. The van der Waals surface area contributed by atoms with Gasteiger partial charge in [0.15, 0.2) is 0 Å². The monoisotopic (exact) mass is 294 g/mol. The van der Waals surface area contributed by atoms with Crippen molar-refractivity contribution in [3.8, 4) is 0 Å². The van der Waals surface area contributed by atoms with Crippen LogP contribution in [0.3, 0.4) is 0 Å². The van der Waals surface area contributed by atoms with Gasteiger partial charge in [0.25, 0.3) is 0 Å². The van der Waals surface area contributed by atoms with Crippen molar-refractivity contribution in [1.82, 2.24) is 0 Å². The summed E-state index contributed by atoms with van der Waals surface area (Å²) in [6.45, 7) is 0. The Morgan fingerprint density at radius 3 is 2.59 bits per heavy atom. The van der Waals surface area contributed by atoms with Crippen molar-refractivity contribution in [2.75, 3.05) is 17.8 Å². The molecule has 1 aromatic rings. The summed E-state index contributed by atoms with van der Waals surface area (Å²) >= 11 is 7.11. The van der Waals surface area contributed by atoms with Crippen LogP contribution >= 0.6 is 23.4 Å². The SMILES string of the molecule is CS(=O)(=O)CCSc1ccc(C(=O)O)c(Cl)c1. The van der Waals surface area contributed by atoms with Crippen molar-refractivity contribution in [2.24, 2.45) is 0 Å². The number of carboxylic acid groups (broad SMARTS) is 1. The lowest BCUT2D eigenvalue weighted by Gasteiger charge is -2.03. The van der Waals surface area contributed by atoms with Gasteiger partial charge in [0.05, 0.1) is 16.3 Å². The highest BCUT2D eigenvalue weighted by Crippen LogP contribution is 2.25. The molecule has 17 heavy (non-hydrogen) atoms. The second kappa shape index (κ2) is 5.75. The van der Waals surface area contributed by atoms with Crippen LogP contribution in [0.5, 0.6) is 0 Å². The molecule has 0 aromatic heterocycles. The molecule has 0 aliphatic carbocycles. The summed E-state index contributed by atoms with van der Waals surface area (Å²) in [5.74, 6) is -0.583. The molecule has 1 N–H and O–H groups in total. The molecule has 0 fully saturated rings. The third kappa shape index (κ3) is 4.97. The minimum Gasteiger partial charge on any atom is -0.478 e. The molecule has 0 radical (unpaired) electrons. The largest absolute Gasteiger partial charge is 0.478 e. The Balaban J connectivity index is 2.68. The number of carboxylic acids is 1. The highest BCUT2D eigenvalue weighted by atomic mass is 35.5. The summed E-state index contributed by atoms with van der Waals surface area (Å²) in [7, 11) is -2.97. The molecule has 0 amide bonds. The van der Waals surface area contributed by atoms with Gasteiger partial charge in [0.2, 0.25) is 0 Å². The summed E-state index contributed by atoms with van der Waals surface area (Å²) < 4.78 is 21.8. The molecular weight excluding hydrogens is 284 g/mol. The number of carbonyl (C=O) groups is 1.